The number of nitrogens with zero attached hydrogens (tertiary/aromatic N) is 4. The van der Waals surface area contributed by atoms with Gasteiger partial charge in [-0.1, -0.05) is 24.6 Å². The van der Waals surface area contributed by atoms with E-state index in [0.717, 1.165) is 24.4 Å². The summed E-state index contributed by atoms with van der Waals surface area (Å²) >= 11 is 1.44. The monoisotopic (exact) mass is 268 g/mol. The number of carbonyl (C=O) groups is 1. The number of hydrogen-bond donors (Lipinski definition) is 0. The van der Waals surface area contributed by atoms with Crippen LogP contribution >= 0.6 is 11.8 Å². The molecule has 1 saturated carbocycles. The van der Waals surface area contributed by atoms with E-state index >= 15 is 0 Å². The van der Waals surface area contributed by atoms with E-state index < -0.39 is 0 Å². The van der Waals surface area contributed by atoms with E-state index in [2.05, 4.69) is 15.5 Å². The van der Waals surface area contributed by atoms with E-state index in [-0.39, 0.29) is 17.3 Å². The van der Waals surface area contributed by atoms with Crippen molar-refractivity contribution in [2.24, 2.45) is 0 Å². The first-order valence-electron chi connectivity index (χ1n) is 6.39. The number of ether oxygens (including phenoxy) is 1. The van der Waals surface area contributed by atoms with Crippen molar-refractivity contribution in [3.63, 3.8) is 0 Å². The summed E-state index contributed by atoms with van der Waals surface area (Å²) in [6, 6.07) is 0.400. The Morgan fingerprint density at radius 2 is 2.17 bits per heavy atom. The number of thioether (sulfide) groups is 1. The molecule has 6 nitrogen and oxygen atoms in total. The van der Waals surface area contributed by atoms with Gasteiger partial charge in [0.2, 0.25) is 5.16 Å². The molecule has 1 saturated heterocycles. The van der Waals surface area contributed by atoms with Crippen molar-refractivity contribution in [2.75, 3.05) is 0 Å². The average molecular weight is 268 g/mol. The normalized spacial score (nSPS) is 28.8. The van der Waals surface area contributed by atoms with Crippen LogP contribution in [0, 0.1) is 0 Å². The zero-order valence-electron chi connectivity index (χ0n) is 10.3. The van der Waals surface area contributed by atoms with Gasteiger partial charge in [-0.2, -0.15) is 0 Å². The van der Waals surface area contributed by atoms with Crippen molar-refractivity contribution in [1.29, 1.82) is 0 Å². The zero-order valence-corrected chi connectivity index (χ0v) is 11.1. The topological polar surface area (TPSA) is 69.9 Å². The molecule has 0 spiro atoms. The van der Waals surface area contributed by atoms with E-state index in [1.54, 1.807) is 0 Å². The van der Waals surface area contributed by atoms with Crippen LogP contribution in [0.2, 0.25) is 0 Å². The number of cyclic esters (lactones) is 1. The molecule has 98 valence electrons. The summed E-state index contributed by atoms with van der Waals surface area (Å²) in [5, 5.41) is 12.4. The molecule has 0 N–H and O–H groups in total. The third-order valence-corrected chi connectivity index (χ3v) is 4.66. The summed E-state index contributed by atoms with van der Waals surface area (Å²) in [5.74, 6) is -0.145. The summed E-state index contributed by atoms with van der Waals surface area (Å²) in [6.45, 7) is 1.92. The Labute approximate surface area is 109 Å². The molecule has 2 aliphatic rings. The lowest BCUT2D eigenvalue weighted by Gasteiger charge is -2.11. The Bertz CT molecular complexity index is 444. The van der Waals surface area contributed by atoms with E-state index in [9.17, 15) is 4.79 Å². The molecule has 1 aromatic heterocycles. The van der Waals surface area contributed by atoms with Crippen molar-refractivity contribution in [3.05, 3.63) is 0 Å². The Hall–Kier alpha value is -1.11. The molecule has 0 radical (unpaired) electrons. The Balaban J connectivity index is 1.73. The van der Waals surface area contributed by atoms with E-state index in [0.29, 0.717) is 6.04 Å². The molecule has 7 heteroatoms. The quantitative estimate of drug-likeness (QED) is 0.775. The number of esters is 1. The molecule has 1 aliphatic heterocycles. The summed E-state index contributed by atoms with van der Waals surface area (Å²) in [7, 11) is 0. The van der Waals surface area contributed by atoms with Gasteiger partial charge in [-0.3, -0.25) is 4.79 Å². The summed E-state index contributed by atoms with van der Waals surface area (Å²) in [5.41, 5.74) is 0. The highest BCUT2D eigenvalue weighted by atomic mass is 32.2. The van der Waals surface area contributed by atoms with E-state index in [1.807, 2.05) is 11.6 Å². The van der Waals surface area contributed by atoms with Gasteiger partial charge < -0.3 is 4.74 Å². The molecule has 0 bridgehead atoms. The second-order valence-corrected chi connectivity index (χ2v) is 6.10. The lowest BCUT2D eigenvalue weighted by atomic mass is 10.3. The van der Waals surface area contributed by atoms with Crippen LogP contribution in [0.3, 0.4) is 0 Å². The fourth-order valence-electron chi connectivity index (χ4n) is 2.58. The molecule has 1 aromatic rings. The third-order valence-electron chi connectivity index (χ3n) is 3.51. The highest BCUT2D eigenvalue weighted by Crippen LogP contribution is 2.35. The average Bonchev–Trinajstić information content (AvgIpc) is 3.01. The fourth-order valence-corrected chi connectivity index (χ4v) is 3.74. The maximum atomic E-state index is 11.6. The minimum atomic E-state index is -0.161. The van der Waals surface area contributed by atoms with Gasteiger partial charge in [0.05, 0.1) is 6.04 Å². The van der Waals surface area contributed by atoms with Crippen molar-refractivity contribution >= 4 is 17.7 Å². The highest BCUT2D eigenvalue weighted by Gasteiger charge is 2.34. The van der Waals surface area contributed by atoms with Gasteiger partial charge >= 0.3 is 5.97 Å². The Kier molecular flexibility index (Phi) is 3.23. The standard InChI is InChI=1S/C11H16N4O2S/c1-7-6-9(10(16)17-7)18-11-12-13-14-15(11)8-4-2-3-5-8/h7-9H,2-6H2,1H3/t7-,9+/m0/s1. The second kappa shape index (κ2) is 4.87. The summed E-state index contributed by atoms with van der Waals surface area (Å²) in [6.07, 6.45) is 5.47. The third kappa shape index (κ3) is 2.23. The van der Waals surface area contributed by atoms with Crippen LogP contribution in [0.1, 0.15) is 45.1 Å². The van der Waals surface area contributed by atoms with Crippen molar-refractivity contribution in [3.8, 4) is 0 Å². The Morgan fingerprint density at radius 1 is 1.39 bits per heavy atom. The highest BCUT2D eigenvalue weighted by molar-refractivity contribution is 8.00. The minimum Gasteiger partial charge on any atom is -0.462 e. The van der Waals surface area contributed by atoms with Crippen LogP contribution in [0.5, 0.6) is 0 Å². The number of hydrogen-bond acceptors (Lipinski definition) is 6. The first-order valence-corrected chi connectivity index (χ1v) is 7.27. The van der Waals surface area contributed by atoms with Gasteiger partial charge in [0, 0.05) is 6.42 Å². The minimum absolute atomic E-state index is 0.00538. The SMILES string of the molecule is C[C@H]1C[C@@H](Sc2nnnn2C2CCCC2)C(=O)O1. The van der Waals surface area contributed by atoms with Crippen LogP contribution in [0.4, 0.5) is 0 Å². The lowest BCUT2D eigenvalue weighted by Crippen LogP contribution is -2.13. The molecule has 2 atom stereocenters. The Morgan fingerprint density at radius 3 is 2.83 bits per heavy atom. The van der Waals surface area contributed by atoms with E-state index in [4.69, 9.17) is 4.74 Å². The molecule has 1 aliphatic carbocycles. The number of carbonyl (C=O) groups excluding carboxylic acids is 1. The number of aromatic nitrogens is 4. The predicted molar refractivity (Wildman–Crippen MR) is 65.1 cm³/mol. The number of rotatable bonds is 3. The molecule has 0 amide bonds. The second-order valence-electron chi connectivity index (χ2n) is 4.93. The van der Waals surface area contributed by atoms with Gasteiger partial charge in [0.25, 0.3) is 0 Å². The molecule has 2 heterocycles. The van der Waals surface area contributed by atoms with Crippen LogP contribution in [-0.4, -0.2) is 37.5 Å². The first kappa shape index (κ1) is 12.0. The summed E-state index contributed by atoms with van der Waals surface area (Å²) in [4.78, 5) is 11.6. The van der Waals surface area contributed by atoms with Gasteiger partial charge in [0.1, 0.15) is 11.4 Å². The number of tetrazole rings is 1. The molecule has 18 heavy (non-hydrogen) atoms. The maximum absolute atomic E-state index is 11.6. The molecular formula is C11H16N4O2S. The van der Waals surface area contributed by atoms with Crippen molar-refractivity contribution < 1.29 is 9.53 Å². The smallest absolute Gasteiger partial charge is 0.319 e. The van der Waals surface area contributed by atoms with Crippen molar-refractivity contribution in [1.82, 2.24) is 20.2 Å². The van der Waals surface area contributed by atoms with Crippen LogP contribution in [-0.2, 0) is 9.53 Å². The molecule has 0 aromatic carbocycles. The molecule has 2 fully saturated rings. The lowest BCUT2D eigenvalue weighted by molar-refractivity contribution is -0.140. The zero-order chi connectivity index (χ0) is 12.5. The maximum Gasteiger partial charge on any atom is 0.319 e. The molecular weight excluding hydrogens is 252 g/mol. The predicted octanol–water partition coefficient (Wildman–Crippen LogP) is 1.58. The largest absolute Gasteiger partial charge is 0.462 e. The van der Waals surface area contributed by atoms with Gasteiger partial charge in [-0.25, -0.2) is 4.68 Å². The molecule has 3 rings (SSSR count). The van der Waals surface area contributed by atoms with Crippen LogP contribution in [0.25, 0.3) is 0 Å². The van der Waals surface area contributed by atoms with Crippen molar-refractivity contribution in [2.45, 2.75) is 61.6 Å². The van der Waals surface area contributed by atoms with Crippen LogP contribution in [0.15, 0.2) is 5.16 Å². The fraction of sp³-hybridized carbons (Fsp3) is 0.818. The van der Waals surface area contributed by atoms with Crippen LogP contribution < -0.4 is 0 Å². The first-order chi connectivity index (χ1) is 8.74. The molecule has 0 unspecified atom stereocenters. The summed E-state index contributed by atoms with van der Waals surface area (Å²) < 4.78 is 7.03. The van der Waals surface area contributed by atoms with E-state index in [1.165, 1.54) is 24.6 Å². The van der Waals surface area contributed by atoms with Gasteiger partial charge in [-0.05, 0) is 30.2 Å². The van der Waals surface area contributed by atoms with Gasteiger partial charge in [0.15, 0.2) is 0 Å². The van der Waals surface area contributed by atoms with Gasteiger partial charge in [-0.15, -0.1) is 5.10 Å².